The smallest absolute Gasteiger partial charge is 0.227 e. The lowest BCUT2D eigenvalue weighted by atomic mass is 9.98. The number of carbonyl (C=O) groups excluding carboxylic acids is 1. The van der Waals surface area contributed by atoms with Crippen LogP contribution in [-0.2, 0) is 4.79 Å². The number of nitrogens with one attached hydrogen (secondary N) is 1. The summed E-state index contributed by atoms with van der Waals surface area (Å²) < 4.78 is 0. The van der Waals surface area contributed by atoms with Crippen LogP contribution in [0.1, 0.15) is 42.9 Å². The first-order chi connectivity index (χ1) is 12.1. The summed E-state index contributed by atoms with van der Waals surface area (Å²) in [4.78, 5) is 15.3. The molecule has 1 aliphatic heterocycles. The van der Waals surface area contributed by atoms with Gasteiger partial charge in [0.2, 0.25) is 5.91 Å². The third-order valence-electron chi connectivity index (χ3n) is 4.99. The zero-order chi connectivity index (χ0) is 17.6. The minimum atomic E-state index is -0.203. The van der Waals surface area contributed by atoms with E-state index in [1.807, 2.05) is 49.4 Å². The van der Waals surface area contributed by atoms with Gasteiger partial charge >= 0.3 is 0 Å². The Hall–Kier alpha value is -2.33. The topological polar surface area (TPSA) is 58.4 Å². The molecule has 4 heteroatoms. The molecule has 3 N–H and O–H groups in total. The molecule has 1 heterocycles. The Morgan fingerprint density at radius 2 is 1.68 bits per heavy atom. The maximum absolute atomic E-state index is 12.8. The van der Waals surface area contributed by atoms with Crippen molar-refractivity contribution in [2.24, 2.45) is 0 Å². The molecule has 1 unspecified atom stereocenters. The van der Waals surface area contributed by atoms with Gasteiger partial charge in [0.15, 0.2) is 0 Å². The number of nitrogens with zero attached hydrogens (tertiary/aromatic N) is 1. The fraction of sp³-hybridized carbons (Fsp3) is 0.381. The Bertz CT molecular complexity index is 678. The van der Waals surface area contributed by atoms with Crippen LogP contribution in [0.15, 0.2) is 54.6 Å². The van der Waals surface area contributed by atoms with E-state index in [-0.39, 0.29) is 17.9 Å². The van der Waals surface area contributed by atoms with E-state index in [4.69, 9.17) is 5.73 Å². The molecular weight excluding hydrogens is 310 g/mol. The highest BCUT2D eigenvalue weighted by atomic mass is 16.1. The largest absolute Gasteiger partial charge is 0.399 e. The average Bonchev–Trinajstić information content (AvgIpc) is 3.15. The molecule has 4 nitrogen and oxygen atoms in total. The summed E-state index contributed by atoms with van der Waals surface area (Å²) in [5, 5.41) is 3.26. The highest BCUT2D eigenvalue weighted by Gasteiger charge is 2.23. The van der Waals surface area contributed by atoms with Gasteiger partial charge in [-0.2, -0.15) is 0 Å². The van der Waals surface area contributed by atoms with Crippen molar-refractivity contribution in [2.75, 3.05) is 25.4 Å². The van der Waals surface area contributed by atoms with Crippen molar-refractivity contribution in [1.29, 1.82) is 0 Å². The minimum absolute atomic E-state index is 0.0167. The predicted octanol–water partition coefficient (Wildman–Crippen LogP) is 3.33. The van der Waals surface area contributed by atoms with Gasteiger partial charge in [-0.15, -0.1) is 0 Å². The lowest BCUT2D eigenvalue weighted by Gasteiger charge is -2.26. The summed E-state index contributed by atoms with van der Waals surface area (Å²) in [6, 6.07) is 17.8. The van der Waals surface area contributed by atoms with Gasteiger partial charge in [-0.3, -0.25) is 4.79 Å². The molecule has 1 saturated heterocycles. The zero-order valence-corrected chi connectivity index (χ0v) is 14.8. The zero-order valence-electron chi connectivity index (χ0n) is 14.8. The summed E-state index contributed by atoms with van der Waals surface area (Å²) in [5.41, 5.74) is 8.61. The third-order valence-corrected chi connectivity index (χ3v) is 4.99. The maximum Gasteiger partial charge on any atom is 0.227 e. The molecule has 25 heavy (non-hydrogen) atoms. The fourth-order valence-corrected chi connectivity index (χ4v) is 3.38. The van der Waals surface area contributed by atoms with Gasteiger partial charge in [-0.05, 0) is 56.1 Å². The molecule has 0 saturated carbocycles. The van der Waals surface area contributed by atoms with E-state index in [0.29, 0.717) is 5.69 Å². The Kier molecular flexibility index (Phi) is 5.71. The quantitative estimate of drug-likeness (QED) is 0.795. The number of nitrogens with two attached hydrogens (primary N) is 1. The molecule has 2 atom stereocenters. The lowest BCUT2D eigenvalue weighted by molar-refractivity contribution is -0.123. The number of likely N-dealkylation sites (tertiary alicyclic amines) is 1. The molecule has 2 aromatic carbocycles. The summed E-state index contributed by atoms with van der Waals surface area (Å²) in [6.07, 6.45) is 2.49. The second kappa shape index (κ2) is 8.17. The number of hydrogen-bond acceptors (Lipinski definition) is 3. The standard InChI is InChI=1S/C21H27N3O/c1-16(17-9-11-19(22)12-10-17)21(25)23-20(15-24-13-5-6-14-24)18-7-3-2-4-8-18/h2-4,7-12,16,20H,5-6,13-15,22H2,1H3,(H,23,25)/t16?,20-/m1/s1. The summed E-state index contributed by atoms with van der Waals surface area (Å²) in [5.74, 6) is -0.150. The summed E-state index contributed by atoms with van der Waals surface area (Å²) in [6.45, 7) is 5.04. The maximum atomic E-state index is 12.8. The number of hydrogen-bond donors (Lipinski definition) is 2. The molecule has 132 valence electrons. The SMILES string of the molecule is CC(C(=O)N[C@H](CN1CCCC1)c1ccccc1)c1ccc(N)cc1. The number of carbonyl (C=O) groups is 1. The van der Waals surface area contributed by atoms with Crippen molar-refractivity contribution in [3.63, 3.8) is 0 Å². The first-order valence-corrected chi connectivity index (χ1v) is 9.06. The molecule has 2 aromatic rings. The molecule has 0 aliphatic carbocycles. The number of benzene rings is 2. The molecule has 0 spiro atoms. The van der Waals surface area contributed by atoms with Crippen molar-refractivity contribution in [3.8, 4) is 0 Å². The number of nitrogen functional groups attached to an aromatic ring is 1. The molecule has 0 aromatic heterocycles. The van der Waals surface area contributed by atoms with Gasteiger partial charge in [0, 0.05) is 12.2 Å². The van der Waals surface area contributed by atoms with Crippen LogP contribution >= 0.6 is 0 Å². The van der Waals surface area contributed by atoms with Gasteiger partial charge in [0.05, 0.1) is 12.0 Å². The minimum Gasteiger partial charge on any atom is -0.399 e. The monoisotopic (exact) mass is 337 g/mol. The number of rotatable bonds is 6. The normalized spacial score (nSPS) is 17.2. The summed E-state index contributed by atoms with van der Waals surface area (Å²) in [7, 11) is 0. The second-order valence-corrected chi connectivity index (χ2v) is 6.87. The van der Waals surface area contributed by atoms with E-state index in [1.165, 1.54) is 12.8 Å². The van der Waals surface area contributed by atoms with Crippen molar-refractivity contribution < 1.29 is 4.79 Å². The van der Waals surface area contributed by atoms with Crippen LogP contribution in [0, 0.1) is 0 Å². The van der Waals surface area contributed by atoms with Gasteiger partial charge in [-0.25, -0.2) is 0 Å². The van der Waals surface area contributed by atoms with Crippen LogP contribution in [0.25, 0.3) is 0 Å². The van der Waals surface area contributed by atoms with E-state index >= 15 is 0 Å². The van der Waals surface area contributed by atoms with E-state index in [9.17, 15) is 4.79 Å². The Morgan fingerprint density at radius 3 is 2.32 bits per heavy atom. The summed E-state index contributed by atoms with van der Waals surface area (Å²) >= 11 is 0. The fourth-order valence-electron chi connectivity index (χ4n) is 3.38. The Balaban J connectivity index is 1.72. The van der Waals surface area contributed by atoms with Crippen LogP contribution in [0.2, 0.25) is 0 Å². The van der Waals surface area contributed by atoms with Gasteiger partial charge in [0.25, 0.3) is 0 Å². The average molecular weight is 337 g/mol. The third kappa shape index (κ3) is 4.60. The van der Waals surface area contributed by atoms with E-state index < -0.39 is 0 Å². The van der Waals surface area contributed by atoms with Crippen molar-refractivity contribution in [1.82, 2.24) is 10.2 Å². The van der Waals surface area contributed by atoms with E-state index in [0.717, 1.165) is 30.8 Å². The lowest BCUT2D eigenvalue weighted by Crippen LogP contribution is -2.38. The van der Waals surface area contributed by atoms with Crippen LogP contribution in [0.3, 0.4) is 0 Å². The second-order valence-electron chi connectivity index (χ2n) is 6.87. The predicted molar refractivity (Wildman–Crippen MR) is 102 cm³/mol. The van der Waals surface area contributed by atoms with Crippen LogP contribution < -0.4 is 11.1 Å². The highest BCUT2D eigenvalue weighted by molar-refractivity contribution is 5.83. The molecule has 1 amide bonds. The van der Waals surface area contributed by atoms with Crippen molar-refractivity contribution >= 4 is 11.6 Å². The molecule has 0 radical (unpaired) electrons. The van der Waals surface area contributed by atoms with E-state index in [2.05, 4.69) is 22.3 Å². The van der Waals surface area contributed by atoms with Gasteiger partial charge < -0.3 is 16.0 Å². The molecule has 0 bridgehead atoms. The highest BCUT2D eigenvalue weighted by Crippen LogP contribution is 2.21. The van der Waals surface area contributed by atoms with E-state index in [1.54, 1.807) is 0 Å². The van der Waals surface area contributed by atoms with Gasteiger partial charge in [0.1, 0.15) is 0 Å². The molecule has 1 aliphatic rings. The van der Waals surface area contributed by atoms with Crippen molar-refractivity contribution in [3.05, 3.63) is 65.7 Å². The van der Waals surface area contributed by atoms with Crippen LogP contribution in [0.4, 0.5) is 5.69 Å². The van der Waals surface area contributed by atoms with Crippen LogP contribution in [-0.4, -0.2) is 30.4 Å². The molecular formula is C21H27N3O. The number of anilines is 1. The number of amides is 1. The Labute approximate surface area is 150 Å². The molecule has 3 rings (SSSR count). The van der Waals surface area contributed by atoms with Crippen LogP contribution in [0.5, 0.6) is 0 Å². The first-order valence-electron chi connectivity index (χ1n) is 9.06. The van der Waals surface area contributed by atoms with Crippen molar-refractivity contribution in [2.45, 2.75) is 31.7 Å². The van der Waals surface area contributed by atoms with Gasteiger partial charge in [-0.1, -0.05) is 42.5 Å². The Morgan fingerprint density at radius 1 is 1.04 bits per heavy atom. The first kappa shape index (κ1) is 17.5. The molecule has 1 fully saturated rings.